The maximum absolute atomic E-state index is 15.3. The van der Waals surface area contributed by atoms with Gasteiger partial charge in [0.1, 0.15) is 31.5 Å². The lowest BCUT2D eigenvalue weighted by Crippen LogP contribution is -2.36. The first-order valence-corrected chi connectivity index (χ1v) is 23.9. The van der Waals surface area contributed by atoms with Gasteiger partial charge in [-0.05, 0) is 6.07 Å². The zero-order valence-electron chi connectivity index (χ0n) is 38.4. The van der Waals surface area contributed by atoms with Crippen LogP contribution in [0.25, 0.3) is 44.7 Å². The molecule has 0 spiro atoms. The van der Waals surface area contributed by atoms with Crippen molar-refractivity contribution in [3.05, 3.63) is 109 Å². The summed E-state index contributed by atoms with van der Waals surface area (Å²) in [5.41, 5.74) is -3.86. The molecule has 8 aromatic heterocycles. The molecule has 0 aliphatic carbocycles. The fourth-order valence-corrected chi connectivity index (χ4v) is 8.57. The number of aromatic amines is 2. The van der Waals surface area contributed by atoms with Crippen LogP contribution in [-0.2, 0) is 29.1 Å². The van der Waals surface area contributed by atoms with Crippen LogP contribution < -0.4 is 37.0 Å². The number of anilines is 2. The Hall–Kier alpha value is -7.25. The molecule has 0 radical (unpaired) electrons. The summed E-state index contributed by atoms with van der Waals surface area (Å²) in [6, 6.07) is 5.32. The molecule has 0 amide bonds. The number of nitrogens with zero attached hydrogens (tertiary/aromatic N) is 13. The summed E-state index contributed by atoms with van der Waals surface area (Å²) in [5, 5.41) is 12.4. The Kier molecular flexibility index (Phi) is 13.9. The second kappa shape index (κ2) is 19.8. The molecule has 1 unspecified atom stereocenters. The van der Waals surface area contributed by atoms with E-state index in [4.69, 9.17) is 24.3 Å². The molecule has 0 aromatic carbocycles. The topological polar surface area (TPSA) is 316 Å². The van der Waals surface area contributed by atoms with E-state index in [9.17, 15) is 41.1 Å². The third-order valence-corrected chi connectivity index (χ3v) is 12.6. The predicted molar refractivity (Wildman–Crippen MR) is 248 cm³/mol. The van der Waals surface area contributed by atoms with E-state index in [0.29, 0.717) is 16.0 Å². The van der Waals surface area contributed by atoms with Crippen LogP contribution in [0.1, 0.15) is 13.8 Å². The Morgan fingerprint density at radius 2 is 1.45 bits per heavy atom. The molecule has 10 heterocycles. The van der Waals surface area contributed by atoms with Crippen molar-refractivity contribution in [2.45, 2.75) is 58.0 Å². The molecule has 2 aliphatic heterocycles. The molecule has 2 saturated heterocycles. The van der Waals surface area contributed by atoms with Crippen molar-refractivity contribution in [3.63, 3.8) is 0 Å². The summed E-state index contributed by atoms with van der Waals surface area (Å²) in [4.78, 5) is 104. The number of H-pyrrole nitrogens is 2. The van der Waals surface area contributed by atoms with Crippen molar-refractivity contribution in [1.82, 2.24) is 63.1 Å². The molecule has 26 nitrogen and oxygen atoms in total. The molecule has 10 rings (SSSR count). The maximum atomic E-state index is 15.3. The summed E-state index contributed by atoms with van der Waals surface area (Å²) in [6.07, 6.45) is 2.52. The van der Waals surface area contributed by atoms with Gasteiger partial charge in [-0.3, -0.25) is 42.4 Å². The van der Waals surface area contributed by atoms with Gasteiger partial charge in [-0.15, -0.1) is 0 Å². The Morgan fingerprint density at radius 3 is 2.07 bits per heavy atom. The molecule has 2 aliphatic rings. The lowest BCUT2D eigenvalue weighted by molar-refractivity contribution is -0.141. The average Bonchev–Trinajstić information content (AvgIpc) is 4.16. The van der Waals surface area contributed by atoms with E-state index in [2.05, 4.69) is 49.3 Å². The highest BCUT2D eigenvalue weighted by molar-refractivity contribution is 7.39. The van der Waals surface area contributed by atoms with Crippen LogP contribution in [0.2, 0.25) is 0 Å². The third kappa shape index (κ3) is 11.0. The van der Waals surface area contributed by atoms with Gasteiger partial charge in [-0.2, -0.15) is 33.0 Å². The second-order valence-corrected chi connectivity index (χ2v) is 19.0. The molecule has 6 N–H and O–H groups in total. The monoisotopic (exact) mass is 1100 g/mol. The van der Waals surface area contributed by atoms with Crippen molar-refractivity contribution >= 4 is 50.9 Å². The highest BCUT2D eigenvalue weighted by Crippen LogP contribution is 2.45. The fourth-order valence-electron chi connectivity index (χ4n) is 8.11. The number of halogens is 7. The van der Waals surface area contributed by atoms with Gasteiger partial charge in [0.05, 0.1) is 60.1 Å². The smallest absolute Gasteiger partial charge is 0.408 e. The van der Waals surface area contributed by atoms with E-state index >= 15 is 8.78 Å². The number of ether oxygens (including phenoxy) is 1. The first kappa shape index (κ1) is 52.6. The standard InChI is InChI=1S/C23H19F5N9O6P.C17H19F2N6O5P/c24-22(25)9-34(8-16(22)43-18-4-15-12(5-29-18)6-31-36(15)10-23(26,27)28)19-3-14(32-17-1-2-30-37(17)19)13-7-35(11-42-44(40)41)21(39)33-20(13)38;1-16(2)7-24(8-17(16,18)19)12-5-11(22-25-4-3-20-13(12)25)10-6-23(9-30-31(28)29)15(27)21-14(10)26/h1-7,16,40-41H,8-11H2,(H,33,38,39);3-6,28-29H,7-9H2,1-2H3,(H,21,26,27). The van der Waals surface area contributed by atoms with E-state index in [-0.39, 0.29) is 57.3 Å². The number of aromatic nitrogens is 13. The molecule has 2 fully saturated rings. The first-order valence-electron chi connectivity index (χ1n) is 21.6. The van der Waals surface area contributed by atoms with Crippen LogP contribution in [0, 0.1) is 5.41 Å². The Morgan fingerprint density at radius 1 is 0.800 bits per heavy atom. The Labute approximate surface area is 414 Å². The van der Waals surface area contributed by atoms with Crippen LogP contribution >= 0.6 is 17.2 Å². The van der Waals surface area contributed by atoms with Crippen molar-refractivity contribution in [3.8, 4) is 28.4 Å². The van der Waals surface area contributed by atoms with E-state index < -0.39 is 109 Å². The Bertz CT molecular complexity index is 3680. The minimum atomic E-state index is -4.57. The number of imidazole rings is 1. The number of rotatable bonds is 13. The van der Waals surface area contributed by atoms with E-state index in [1.165, 1.54) is 81.9 Å². The lowest BCUT2D eigenvalue weighted by atomic mass is 9.89. The van der Waals surface area contributed by atoms with Crippen LogP contribution in [0.5, 0.6) is 5.88 Å². The zero-order valence-corrected chi connectivity index (χ0v) is 40.2. The highest BCUT2D eigenvalue weighted by Gasteiger charge is 2.55. The fraction of sp³-hybridized carbons (Fsp3) is 0.350. The van der Waals surface area contributed by atoms with Crippen molar-refractivity contribution in [1.29, 1.82) is 0 Å². The maximum Gasteiger partial charge on any atom is 0.408 e. The minimum Gasteiger partial charge on any atom is -0.466 e. The quantitative estimate of drug-likeness (QED) is 0.0714. The number of hydrogen-bond donors (Lipinski definition) is 6. The minimum absolute atomic E-state index is 0.00549. The van der Waals surface area contributed by atoms with Crippen LogP contribution in [0.4, 0.5) is 42.2 Å². The normalized spacial score (nSPS) is 17.2. The van der Waals surface area contributed by atoms with Crippen molar-refractivity contribution < 1.29 is 64.1 Å². The molecule has 35 heteroatoms. The van der Waals surface area contributed by atoms with Gasteiger partial charge < -0.3 is 34.1 Å². The van der Waals surface area contributed by atoms with Crippen molar-refractivity contribution in [2.75, 3.05) is 36.0 Å². The number of fused-ring (bicyclic) bond motifs is 3. The SMILES string of the molecule is CC1(C)CN(c2cc(-c3cn(COP(O)O)c(=O)[nH]c3=O)nn3ccnc23)CC1(F)F.O=c1[nH]c(=O)n(COP(O)O)cc1-c1cc(N2CC(Oc3cc4c(cn3)cnn4CC(F)(F)F)C(F)(F)C2)n2nccc2n1. The molecule has 1 atom stereocenters. The Balaban J connectivity index is 0.000000195. The second-order valence-electron chi connectivity index (χ2n) is 17.5. The third-order valence-electron chi connectivity index (χ3n) is 11.9. The molecule has 0 bridgehead atoms. The summed E-state index contributed by atoms with van der Waals surface area (Å²) < 4.78 is 118. The largest absolute Gasteiger partial charge is 0.466 e. The predicted octanol–water partition coefficient (Wildman–Crippen LogP) is 2.56. The molecule has 0 saturated carbocycles. The summed E-state index contributed by atoms with van der Waals surface area (Å²) in [5.74, 6) is -6.66. The summed E-state index contributed by atoms with van der Waals surface area (Å²) in [7, 11) is -5.52. The van der Waals surface area contributed by atoms with E-state index in [1.54, 1.807) is 0 Å². The summed E-state index contributed by atoms with van der Waals surface area (Å²) in [6.45, 7) is -1.32. The van der Waals surface area contributed by atoms with Gasteiger partial charge in [0.2, 0.25) is 5.88 Å². The summed E-state index contributed by atoms with van der Waals surface area (Å²) >= 11 is 0. The first-order chi connectivity index (χ1) is 35.3. The zero-order chi connectivity index (χ0) is 53.9. The molecule has 8 aromatic rings. The number of pyridine rings is 1. The number of hydrogen-bond acceptors (Lipinski definition) is 19. The molecular weight excluding hydrogens is 1060 g/mol. The lowest BCUT2D eigenvalue weighted by Gasteiger charge is -2.24. The van der Waals surface area contributed by atoms with E-state index in [0.717, 1.165) is 27.6 Å². The van der Waals surface area contributed by atoms with Gasteiger partial charge >= 0.3 is 40.7 Å². The molecule has 398 valence electrons. The average molecular weight is 1100 g/mol. The van der Waals surface area contributed by atoms with Crippen molar-refractivity contribution in [2.24, 2.45) is 5.41 Å². The van der Waals surface area contributed by atoms with Gasteiger partial charge in [0, 0.05) is 66.5 Å². The van der Waals surface area contributed by atoms with Gasteiger partial charge in [0.15, 0.2) is 17.4 Å². The van der Waals surface area contributed by atoms with E-state index in [1.807, 2.05) is 0 Å². The highest BCUT2D eigenvalue weighted by atomic mass is 31.2. The molecule has 75 heavy (non-hydrogen) atoms. The van der Waals surface area contributed by atoms with Crippen LogP contribution in [-0.4, -0.2) is 133 Å². The van der Waals surface area contributed by atoms with Crippen LogP contribution in [0.3, 0.4) is 0 Å². The number of alkyl halides is 7. The van der Waals surface area contributed by atoms with Gasteiger partial charge in [-0.25, -0.2) is 46.6 Å². The van der Waals surface area contributed by atoms with Crippen LogP contribution in [0.15, 0.2) is 86.8 Å². The van der Waals surface area contributed by atoms with Gasteiger partial charge in [-0.1, -0.05) is 13.8 Å². The molecular formula is C40H38F7N15O11P2. The van der Waals surface area contributed by atoms with Gasteiger partial charge in [0.25, 0.3) is 17.0 Å². The number of nitrogens with one attached hydrogen (secondary N) is 2.